The summed E-state index contributed by atoms with van der Waals surface area (Å²) in [6.07, 6.45) is 8.88. The molecule has 1 heteroatoms. The Balaban J connectivity index is 2.16. The Hall–Kier alpha value is -0.510. The summed E-state index contributed by atoms with van der Waals surface area (Å²) < 4.78 is 0. The van der Waals surface area contributed by atoms with Crippen molar-refractivity contribution in [3.05, 3.63) is 0 Å². The molecule has 0 aliphatic heterocycles. The van der Waals surface area contributed by atoms with Gasteiger partial charge in [0.15, 0.2) is 0 Å². The second-order valence-electron chi connectivity index (χ2n) is 4.04. The molecule has 0 aromatic heterocycles. The molecular formula is C11H19N. The zero-order chi connectivity index (χ0) is 8.81. The number of nitriles is 1. The molecule has 1 rings (SSSR count). The van der Waals surface area contributed by atoms with Crippen LogP contribution in [-0.2, 0) is 0 Å². The standard InChI is InChI=1S/C11H19N/c1-2-3-10-4-6-11(7-5-10)8-9-12/h10-11H,2-8H2,1H3. The molecule has 0 radical (unpaired) electrons. The highest BCUT2D eigenvalue weighted by Crippen LogP contribution is 2.32. The predicted molar refractivity (Wildman–Crippen MR) is 50.6 cm³/mol. The van der Waals surface area contributed by atoms with E-state index in [0.29, 0.717) is 0 Å². The lowest BCUT2D eigenvalue weighted by Crippen LogP contribution is -2.13. The average molecular weight is 165 g/mol. The first-order valence-electron chi connectivity index (χ1n) is 5.23. The van der Waals surface area contributed by atoms with Gasteiger partial charge in [-0.25, -0.2) is 0 Å². The van der Waals surface area contributed by atoms with Crippen LogP contribution >= 0.6 is 0 Å². The molecular weight excluding hydrogens is 146 g/mol. The number of hydrogen-bond acceptors (Lipinski definition) is 1. The Morgan fingerprint density at radius 3 is 2.25 bits per heavy atom. The third-order valence-corrected chi connectivity index (χ3v) is 3.04. The quantitative estimate of drug-likeness (QED) is 0.627. The van der Waals surface area contributed by atoms with E-state index in [-0.39, 0.29) is 0 Å². The zero-order valence-electron chi connectivity index (χ0n) is 8.05. The summed E-state index contributed by atoms with van der Waals surface area (Å²) in [5.74, 6) is 1.70. The molecule has 1 fully saturated rings. The molecule has 68 valence electrons. The topological polar surface area (TPSA) is 23.8 Å². The maximum absolute atomic E-state index is 8.54. The third kappa shape index (κ3) is 2.85. The Labute approximate surface area is 75.8 Å². The van der Waals surface area contributed by atoms with Gasteiger partial charge in [0.25, 0.3) is 0 Å². The van der Waals surface area contributed by atoms with Crippen LogP contribution < -0.4 is 0 Å². The van der Waals surface area contributed by atoms with Crippen molar-refractivity contribution in [2.24, 2.45) is 11.8 Å². The van der Waals surface area contributed by atoms with Gasteiger partial charge in [-0.05, 0) is 24.7 Å². The van der Waals surface area contributed by atoms with E-state index in [4.69, 9.17) is 5.26 Å². The van der Waals surface area contributed by atoms with Gasteiger partial charge in [0.05, 0.1) is 6.07 Å². The van der Waals surface area contributed by atoms with E-state index in [1.807, 2.05) is 0 Å². The van der Waals surface area contributed by atoms with Gasteiger partial charge in [0.2, 0.25) is 0 Å². The highest BCUT2D eigenvalue weighted by molar-refractivity contribution is 4.80. The van der Waals surface area contributed by atoms with E-state index in [1.54, 1.807) is 0 Å². The Kier molecular flexibility index (Phi) is 4.14. The highest BCUT2D eigenvalue weighted by atomic mass is 14.3. The van der Waals surface area contributed by atoms with Crippen LogP contribution in [0.2, 0.25) is 0 Å². The predicted octanol–water partition coefficient (Wildman–Crippen LogP) is 3.51. The lowest BCUT2D eigenvalue weighted by atomic mass is 9.79. The molecule has 0 aromatic rings. The molecule has 1 saturated carbocycles. The lowest BCUT2D eigenvalue weighted by molar-refractivity contribution is 0.265. The van der Waals surface area contributed by atoms with Crippen LogP contribution in [0.1, 0.15) is 51.9 Å². The van der Waals surface area contributed by atoms with Gasteiger partial charge in [0.1, 0.15) is 0 Å². The summed E-state index contributed by atoms with van der Waals surface area (Å²) in [5.41, 5.74) is 0. The van der Waals surface area contributed by atoms with Gasteiger partial charge in [0, 0.05) is 6.42 Å². The summed E-state index contributed by atoms with van der Waals surface area (Å²) in [5, 5.41) is 8.54. The second kappa shape index (κ2) is 5.19. The van der Waals surface area contributed by atoms with Crippen LogP contribution in [0.5, 0.6) is 0 Å². The monoisotopic (exact) mass is 165 g/mol. The molecule has 1 aliphatic carbocycles. The molecule has 0 amide bonds. The fourth-order valence-corrected chi connectivity index (χ4v) is 2.26. The van der Waals surface area contributed by atoms with E-state index in [0.717, 1.165) is 18.3 Å². The molecule has 0 atom stereocenters. The minimum atomic E-state index is 0.725. The first-order chi connectivity index (χ1) is 5.86. The first-order valence-corrected chi connectivity index (χ1v) is 5.23. The fraction of sp³-hybridized carbons (Fsp3) is 0.909. The van der Waals surface area contributed by atoms with Crippen molar-refractivity contribution in [2.45, 2.75) is 51.9 Å². The SMILES string of the molecule is CCCC1CCC(CC#N)CC1. The average Bonchev–Trinajstić information content (AvgIpc) is 2.09. The Bertz CT molecular complexity index is 149. The van der Waals surface area contributed by atoms with Crippen molar-refractivity contribution in [1.82, 2.24) is 0 Å². The summed E-state index contributed by atoms with van der Waals surface area (Å²) >= 11 is 0. The minimum absolute atomic E-state index is 0.725. The van der Waals surface area contributed by atoms with Gasteiger partial charge in [-0.3, -0.25) is 0 Å². The van der Waals surface area contributed by atoms with Crippen molar-refractivity contribution in [3.8, 4) is 6.07 Å². The van der Waals surface area contributed by atoms with E-state index in [1.165, 1.54) is 38.5 Å². The van der Waals surface area contributed by atoms with Crippen LogP contribution in [0.3, 0.4) is 0 Å². The smallest absolute Gasteiger partial charge is 0.0624 e. The van der Waals surface area contributed by atoms with Gasteiger partial charge in [-0.1, -0.05) is 32.6 Å². The fourth-order valence-electron chi connectivity index (χ4n) is 2.26. The minimum Gasteiger partial charge on any atom is -0.198 e. The zero-order valence-corrected chi connectivity index (χ0v) is 8.05. The van der Waals surface area contributed by atoms with Crippen molar-refractivity contribution in [3.63, 3.8) is 0 Å². The van der Waals surface area contributed by atoms with Crippen LogP contribution in [0.4, 0.5) is 0 Å². The molecule has 0 bridgehead atoms. The Morgan fingerprint density at radius 2 is 1.75 bits per heavy atom. The van der Waals surface area contributed by atoms with Gasteiger partial charge >= 0.3 is 0 Å². The number of hydrogen-bond donors (Lipinski definition) is 0. The third-order valence-electron chi connectivity index (χ3n) is 3.04. The molecule has 1 nitrogen and oxygen atoms in total. The van der Waals surface area contributed by atoms with E-state index in [2.05, 4.69) is 13.0 Å². The molecule has 0 aromatic carbocycles. The van der Waals surface area contributed by atoms with E-state index in [9.17, 15) is 0 Å². The summed E-state index contributed by atoms with van der Waals surface area (Å²) in [4.78, 5) is 0. The van der Waals surface area contributed by atoms with Crippen molar-refractivity contribution >= 4 is 0 Å². The summed E-state index contributed by atoms with van der Waals surface area (Å²) in [6.45, 7) is 2.27. The normalized spacial score (nSPS) is 29.7. The van der Waals surface area contributed by atoms with Crippen LogP contribution in [0, 0.1) is 23.2 Å². The number of rotatable bonds is 3. The Morgan fingerprint density at radius 1 is 1.17 bits per heavy atom. The van der Waals surface area contributed by atoms with Crippen molar-refractivity contribution < 1.29 is 0 Å². The largest absolute Gasteiger partial charge is 0.198 e. The molecule has 0 unspecified atom stereocenters. The maximum atomic E-state index is 8.54. The van der Waals surface area contributed by atoms with Gasteiger partial charge in [-0.15, -0.1) is 0 Å². The second-order valence-corrected chi connectivity index (χ2v) is 4.04. The van der Waals surface area contributed by atoms with Crippen molar-refractivity contribution in [1.29, 1.82) is 5.26 Å². The lowest BCUT2D eigenvalue weighted by Gasteiger charge is -2.26. The van der Waals surface area contributed by atoms with Crippen LogP contribution in [0.25, 0.3) is 0 Å². The summed E-state index contributed by atoms with van der Waals surface area (Å²) in [7, 11) is 0. The molecule has 0 N–H and O–H groups in total. The molecule has 0 spiro atoms. The molecule has 12 heavy (non-hydrogen) atoms. The van der Waals surface area contributed by atoms with E-state index >= 15 is 0 Å². The van der Waals surface area contributed by atoms with Crippen LogP contribution in [0.15, 0.2) is 0 Å². The van der Waals surface area contributed by atoms with Gasteiger partial charge in [-0.2, -0.15) is 5.26 Å². The summed E-state index contributed by atoms with van der Waals surface area (Å²) in [6, 6.07) is 2.28. The van der Waals surface area contributed by atoms with Crippen LogP contribution in [-0.4, -0.2) is 0 Å². The molecule has 0 heterocycles. The highest BCUT2D eigenvalue weighted by Gasteiger charge is 2.19. The first kappa shape index (κ1) is 9.58. The molecule has 1 aliphatic rings. The molecule has 0 saturated heterocycles. The van der Waals surface area contributed by atoms with Gasteiger partial charge < -0.3 is 0 Å². The number of nitrogens with zero attached hydrogens (tertiary/aromatic N) is 1. The van der Waals surface area contributed by atoms with Crippen molar-refractivity contribution in [2.75, 3.05) is 0 Å². The maximum Gasteiger partial charge on any atom is 0.0624 e. The van der Waals surface area contributed by atoms with E-state index < -0.39 is 0 Å².